The van der Waals surface area contributed by atoms with Gasteiger partial charge in [0.05, 0.1) is 37.4 Å². The van der Waals surface area contributed by atoms with E-state index >= 15 is 0 Å². The summed E-state index contributed by atoms with van der Waals surface area (Å²) in [5.41, 5.74) is 7.72. The van der Waals surface area contributed by atoms with Gasteiger partial charge in [0.15, 0.2) is 0 Å². The van der Waals surface area contributed by atoms with E-state index in [0.717, 1.165) is 17.6 Å². The number of rotatable bonds is 12. The van der Waals surface area contributed by atoms with E-state index in [1.165, 1.54) is 13.0 Å². The Morgan fingerprint density at radius 2 is 1.96 bits per heavy atom. The van der Waals surface area contributed by atoms with Crippen molar-refractivity contribution in [1.29, 1.82) is 0 Å². The first-order chi connectivity index (χ1) is 21.8. The van der Waals surface area contributed by atoms with Gasteiger partial charge in [-0.2, -0.15) is 0 Å². The Morgan fingerprint density at radius 3 is 2.65 bits per heavy atom. The van der Waals surface area contributed by atoms with Crippen LogP contribution in [0.5, 0.6) is 0 Å². The minimum Gasteiger partial charge on any atom is -0.459 e. The topological polar surface area (TPSA) is 162 Å². The summed E-state index contributed by atoms with van der Waals surface area (Å²) < 4.78 is 23.2. The third kappa shape index (κ3) is 10.2. The van der Waals surface area contributed by atoms with E-state index in [0.29, 0.717) is 31.7 Å². The minimum atomic E-state index is -0.822. The lowest BCUT2D eigenvalue weighted by molar-refractivity contribution is -0.145. The number of nitrogens with one attached hydrogen (secondary N) is 2. The Labute approximate surface area is 271 Å². The van der Waals surface area contributed by atoms with Gasteiger partial charge in [-0.05, 0) is 63.3 Å². The average Bonchev–Trinajstić information content (AvgIpc) is 3.76. The molecule has 2 amide bonds. The first-order valence-electron chi connectivity index (χ1n) is 16.1. The highest BCUT2D eigenvalue weighted by Gasteiger charge is 2.58. The summed E-state index contributed by atoms with van der Waals surface area (Å²) in [5, 5.41) is 16.9. The molecule has 0 bridgehead atoms. The monoisotopic (exact) mass is 639 g/mol. The lowest BCUT2D eigenvalue weighted by Gasteiger charge is -2.39. The molecule has 0 aliphatic carbocycles. The van der Waals surface area contributed by atoms with E-state index in [1.807, 2.05) is 44.2 Å². The van der Waals surface area contributed by atoms with Gasteiger partial charge in [0.25, 0.3) is 0 Å². The fraction of sp³-hybridized carbons (Fsp3) is 0.571. The second-order valence-electron chi connectivity index (χ2n) is 12.9. The maximum atomic E-state index is 12.7. The molecule has 3 heterocycles. The van der Waals surface area contributed by atoms with Crippen molar-refractivity contribution in [3.8, 4) is 0 Å². The number of carbonyl (C=O) groups is 3. The van der Waals surface area contributed by atoms with Crippen LogP contribution in [0.2, 0.25) is 0 Å². The molecule has 46 heavy (non-hydrogen) atoms. The lowest BCUT2D eigenvalue weighted by atomic mass is 9.87. The zero-order valence-electron chi connectivity index (χ0n) is 27.4. The number of hydrogen-bond acceptors (Lipinski definition) is 9. The summed E-state index contributed by atoms with van der Waals surface area (Å²) in [6.07, 6.45) is 8.41. The molecular weight excluding hydrogens is 590 g/mol. The van der Waals surface area contributed by atoms with Crippen LogP contribution in [0.4, 0.5) is 5.69 Å². The lowest BCUT2D eigenvalue weighted by Crippen LogP contribution is -2.50. The Kier molecular flexibility index (Phi) is 12.2. The fourth-order valence-electron chi connectivity index (χ4n) is 6.07. The standard InChI is InChI=1S/C35H49N3O8/c1-21(9-12-30-22(2)15-29(24(4)45-30)38-32(40)14-11-23(3)44-25(5)39)10-13-31-34(42)35(20-43-35)18-28(46-31)17-33(41)37-19-26-7-6-8-27(36)16-26/h6-11,13-14,16,22-24,28-31,34,42H,12,15,17-20,36H2,1-5H3,(H,37,41)(H,38,40). The zero-order chi connectivity index (χ0) is 33.4. The molecule has 1 aromatic rings. The van der Waals surface area contributed by atoms with Gasteiger partial charge < -0.3 is 40.4 Å². The highest BCUT2D eigenvalue weighted by atomic mass is 16.6. The predicted octanol–water partition coefficient (Wildman–Crippen LogP) is 3.26. The van der Waals surface area contributed by atoms with Crippen molar-refractivity contribution < 1.29 is 38.4 Å². The van der Waals surface area contributed by atoms with Gasteiger partial charge in [0, 0.05) is 31.7 Å². The Balaban J connectivity index is 1.25. The van der Waals surface area contributed by atoms with E-state index in [2.05, 4.69) is 23.6 Å². The van der Waals surface area contributed by atoms with Crippen molar-refractivity contribution in [3.63, 3.8) is 0 Å². The number of ether oxygens (including phenoxy) is 4. The van der Waals surface area contributed by atoms with Gasteiger partial charge in [0.2, 0.25) is 11.8 Å². The van der Waals surface area contributed by atoms with Crippen LogP contribution < -0.4 is 16.4 Å². The number of epoxide rings is 1. The van der Waals surface area contributed by atoms with Crippen molar-refractivity contribution in [1.82, 2.24) is 10.6 Å². The first-order valence-corrected chi connectivity index (χ1v) is 16.1. The largest absolute Gasteiger partial charge is 0.459 e. The highest BCUT2D eigenvalue weighted by Crippen LogP contribution is 2.43. The van der Waals surface area contributed by atoms with Crippen LogP contribution in [0.1, 0.15) is 65.9 Å². The molecule has 0 saturated carbocycles. The maximum Gasteiger partial charge on any atom is 0.303 e. The summed E-state index contributed by atoms with van der Waals surface area (Å²) in [7, 11) is 0. The molecule has 9 atom stereocenters. The number of allylic oxidation sites excluding steroid dienone is 2. The summed E-state index contributed by atoms with van der Waals surface area (Å²) in [5.74, 6) is -0.580. The number of benzene rings is 1. The minimum absolute atomic E-state index is 0.0130. The number of amides is 2. The van der Waals surface area contributed by atoms with Gasteiger partial charge in [-0.15, -0.1) is 0 Å². The van der Waals surface area contributed by atoms with Crippen LogP contribution in [0.25, 0.3) is 0 Å². The van der Waals surface area contributed by atoms with Crippen LogP contribution in [-0.4, -0.2) is 77.8 Å². The first kappa shape index (κ1) is 35.3. The van der Waals surface area contributed by atoms with Gasteiger partial charge >= 0.3 is 5.97 Å². The maximum absolute atomic E-state index is 12.7. The summed E-state index contributed by atoms with van der Waals surface area (Å²) >= 11 is 0. The van der Waals surface area contributed by atoms with Crippen LogP contribution in [-0.2, 0) is 39.9 Å². The molecule has 4 rings (SSSR count). The van der Waals surface area contributed by atoms with Gasteiger partial charge in [-0.1, -0.05) is 42.9 Å². The number of esters is 1. The molecule has 1 aromatic carbocycles. The molecule has 0 radical (unpaired) electrons. The molecule has 11 heteroatoms. The van der Waals surface area contributed by atoms with E-state index in [4.69, 9.17) is 24.7 Å². The SMILES string of the molecule is CC(=O)OC(C)C=CC(=O)NC1CC(C)C(CC=C(C)C=CC2OC(CC(=O)NCc3cccc(N)c3)CC3(CO3)C2O)OC1C. The van der Waals surface area contributed by atoms with E-state index < -0.39 is 29.9 Å². The van der Waals surface area contributed by atoms with Crippen LogP contribution in [0, 0.1) is 5.92 Å². The smallest absolute Gasteiger partial charge is 0.303 e. The fourth-order valence-corrected chi connectivity index (χ4v) is 6.07. The molecule has 3 aliphatic rings. The molecule has 0 aromatic heterocycles. The van der Waals surface area contributed by atoms with Gasteiger partial charge in [-0.3, -0.25) is 14.4 Å². The summed E-state index contributed by atoms with van der Waals surface area (Å²) in [4.78, 5) is 36.2. The van der Waals surface area contributed by atoms with Crippen molar-refractivity contribution in [2.24, 2.45) is 5.92 Å². The molecule has 1 spiro atoms. The van der Waals surface area contributed by atoms with Crippen molar-refractivity contribution >= 4 is 23.5 Å². The second kappa shape index (κ2) is 15.9. The van der Waals surface area contributed by atoms with Crippen molar-refractivity contribution in [3.05, 3.63) is 65.8 Å². The molecule has 11 nitrogen and oxygen atoms in total. The number of hydrogen-bond donors (Lipinski definition) is 4. The molecule has 3 saturated heterocycles. The van der Waals surface area contributed by atoms with Gasteiger partial charge in [0.1, 0.15) is 23.9 Å². The van der Waals surface area contributed by atoms with Crippen molar-refractivity contribution in [2.75, 3.05) is 12.3 Å². The Morgan fingerprint density at radius 1 is 1.20 bits per heavy atom. The van der Waals surface area contributed by atoms with E-state index in [1.54, 1.807) is 19.1 Å². The number of nitrogens with two attached hydrogens (primary N) is 1. The number of aliphatic hydroxyl groups excluding tert-OH is 1. The zero-order valence-corrected chi connectivity index (χ0v) is 27.4. The molecular formula is C35H49N3O8. The van der Waals surface area contributed by atoms with Crippen molar-refractivity contribution in [2.45, 2.75) is 115 Å². The van der Waals surface area contributed by atoms with E-state index in [9.17, 15) is 19.5 Å². The Bertz CT molecular complexity index is 1320. The summed E-state index contributed by atoms with van der Waals surface area (Å²) in [6, 6.07) is 7.25. The second-order valence-corrected chi connectivity index (χ2v) is 12.9. The van der Waals surface area contributed by atoms with Crippen LogP contribution in [0.3, 0.4) is 0 Å². The third-order valence-corrected chi connectivity index (χ3v) is 8.78. The molecule has 3 fully saturated rings. The van der Waals surface area contributed by atoms with E-state index in [-0.39, 0.29) is 48.5 Å². The van der Waals surface area contributed by atoms with Crippen LogP contribution >= 0.6 is 0 Å². The third-order valence-electron chi connectivity index (χ3n) is 8.78. The van der Waals surface area contributed by atoms with Gasteiger partial charge in [-0.25, -0.2) is 0 Å². The Hall–Kier alpha value is -3.51. The molecule has 252 valence electrons. The molecule has 3 aliphatic heterocycles. The predicted molar refractivity (Wildman–Crippen MR) is 173 cm³/mol. The average molecular weight is 640 g/mol. The normalized spacial score (nSPS) is 32.0. The highest BCUT2D eigenvalue weighted by molar-refractivity contribution is 5.87. The molecule has 9 unspecified atom stereocenters. The number of anilines is 1. The molecule has 5 N–H and O–H groups in total. The number of aliphatic hydroxyl groups is 1. The van der Waals surface area contributed by atoms with Crippen LogP contribution in [0.15, 0.2) is 60.2 Å². The quantitative estimate of drug-likeness (QED) is 0.0885. The number of carbonyl (C=O) groups excluding carboxylic acids is 3. The number of nitrogen functional groups attached to an aromatic ring is 1. The summed E-state index contributed by atoms with van der Waals surface area (Å²) in [6.45, 7) is 9.90.